The molecule has 226 valence electrons. The highest BCUT2D eigenvalue weighted by Gasteiger charge is 2.55. The second-order valence-corrected chi connectivity index (χ2v) is 15.9. The molecule has 42 heavy (non-hydrogen) atoms. The second-order valence-electron chi connectivity index (χ2n) is 13.5. The van der Waals surface area contributed by atoms with Crippen molar-refractivity contribution in [2.24, 2.45) is 17.8 Å². The lowest BCUT2D eigenvalue weighted by Gasteiger charge is -2.58. The Labute approximate surface area is 249 Å². The number of nitrogens with one attached hydrogen (secondary N) is 1. The SMILES string of the molecule is CC(C)S(=O)(=O)N1CCN(c2ccc(N3CCN(C(=O)NC4C5CC6CC4CC(O)(C6)C5)c4ccccc43)cc2)CC1. The lowest BCUT2D eigenvalue weighted by molar-refractivity contribution is -0.136. The summed E-state index contributed by atoms with van der Waals surface area (Å²) in [7, 11) is -3.22. The number of nitrogens with zero attached hydrogens (tertiary/aromatic N) is 4. The molecule has 10 heteroatoms. The van der Waals surface area contributed by atoms with E-state index in [1.54, 1.807) is 18.2 Å². The molecule has 9 nitrogen and oxygen atoms in total. The molecule has 2 aliphatic heterocycles. The maximum absolute atomic E-state index is 13.7. The van der Waals surface area contributed by atoms with Gasteiger partial charge in [0.25, 0.3) is 0 Å². The molecule has 4 saturated carbocycles. The van der Waals surface area contributed by atoms with Gasteiger partial charge in [-0.15, -0.1) is 0 Å². The third-order valence-corrected chi connectivity index (χ3v) is 12.8. The Balaban J connectivity index is 1.03. The molecule has 2 aromatic rings. The number of hydrogen-bond donors (Lipinski definition) is 2. The molecule has 2 heterocycles. The lowest BCUT2D eigenvalue weighted by Crippen LogP contribution is -2.63. The molecule has 2 unspecified atom stereocenters. The number of amides is 2. The summed E-state index contributed by atoms with van der Waals surface area (Å²) in [5, 5.41) is 14.0. The molecular weight excluding hydrogens is 550 g/mol. The number of aliphatic hydroxyl groups is 1. The van der Waals surface area contributed by atoms with Crippen LogP contribution < -0.4 is 20.0 Å². The van der Waals surface area contributed by atoms with Gasteiger partial charge in [-0.2, -0.15) is 4.31 Å². The van der Waals surface area contributed by atoms with Crippen LogP contribution in [0.5, 0.6) is 0 Å². The van der Waals surface area contributed by atoms with E-state index in [2.05, 4.69) is 45.4 Å². The molecule has 5 fully saturated rings. The summed E-state index contributed by atoms with van der Waals surface area (Å²) < 4.78 is 26.7. The van der Waals surface area contributed by atoms with Crippen molar-refractivity contribution in [2.75, 3.05) is 54.0 Å². The minimum Gasteiger partial charge on any atom is -0.390 e. The smallest absolute Gasteiger partial charge is 0.322 e. The van der Waals surface area contributed by atoms with Gasteiger partial charge in [0.2, 0.25) is 10.0 Å². The van der Waals surface area contributed by atoms with Gasteiger partial charge in [0, 0.05) is 56.7 Å². The van der Waals surface area contributed by atoms with Gasteiger partial charge >= 0.3 is 6.03 Å². The van der Waals surface area contributed by atoms with Crippen LogP contribution >= 0.6 is 0 Å². The Morgan fingerprint density at radius 1 is 0.857 bits per heavy atom. The van der Waals surface area contributed by atoms with Crippen LogP contribution in [-0.2, 0) is 10.0 Å². The number of sulfonamides is 1. The van der Waals surface area contributed by atoms with Crippen LogP contribution in [0.4, 0.5) is 27.5 Å². The number of piperazine rings is 1. The maximum Gasteiger partial charge on any atom is 0.322 e. The van der Waals surface area contributed by atoms with Gasteiger partial charge in [-0.05, 0) is 100 Å². The summed E-state index contributed by atoms with van der Waals surface area (Å²) in [5.74, 6) is 1.37. The topological polar surface area (TPSA) is 96.4 Å². The zero-order chi connectivity index (χ0) is 29.2. The Hall–Kier alpha value is -2.82. The van der Waals surface area contributed by atoms with E-state index >= 15 is 0 Å². The standard InChI is InChI=1S/C32H43N5O4S/c1-22(2)42(40,41)35-13-11-34(12-14-35)26-7-9-27(10-8-26)36-15-16-37(29-6-4-3-5-28(29)36)31(38)33-30-24-17-23-18-25(30)21-32(39,19-23)20-24/h3-10,22-25,30,39H,11-21H2,1-2H3,(H,33,38). The number of para-hydroxylation sites is 2. The van der Waals surface area contributed by atoms with E-state index in [1.807, 2.05) is 23.1 Å². The summed E-state index contributed by atoms with van der Waals surface area (Å²) >= 11 is 0. The number of hydrogen-bond acceptors (Lipinski definition) is 6. The van der Waals surface area contributed by atoms with Crippen molar-refractivity contribution < 1.29 is 18.3 Å². The average molecular weight is 594 g/mol. The summed E-state index contributed by atoms with van der Waals surface area (Å²) in [6.07, 6.45) is 4.82. The second kappa shape index (κ2) is 10.4. The van der Waals surface area contributed by atoms with Crippen molar-refractivity contribution in [1.29, 1.82) is 0 Å². The van der Waals surface area contributed by atoms with Gasteiger partial charge in [0.05, 0.1) is 22.2 Å². The zero-order valence-electron chi connectivity index (χ0n) is 24.7. The summed E-state index contributed by atoms with van der Waals surface area (Å²) in [6, 6.07) is 16.7. The number of carbonyl (C=O) groups excluding carboxylic acids is 1. The highest BCUT2D eigenvalue weighted by Crippen LogP contribution is 2.55. The van der Waals surface area contributed by atoms with Gasteiger partial charge in [-0.25, -0.2) is 13.2 Å². The van der Waals surface area contributed by atoms with Crippen molar-refractivity contribution in [3.63, 3.8) is 0 Å². The van der Waals surface area contributed by atoms with Crippen LogP contribution in [0.2, 0.25) is 0 Å². The number of fused-ring (bicyclic) bond motifs is 1. The molecular formula is C32H43N5O4S. The quantitative estimate of drug-likeness (QED) is 0.541. The summed E-state index contributed by atoms with van der Waals surface area (Å²) in [4.78, 5) is 20.1. The van der Waals surface area contributed by atoms with Crippen molar-refractivity contribution in [1.82, 2.24) is 9.62 Å². The fourth-order valence-electron chi connectivity index (χ4n) is 8.62. The van der Waals surface area contributed by atoms with E-state index in [4.69, 9.17) is 0 Å². The first-order chi connectivity index (χ1) is 20.1. The third kappa shape index (κ3) is 4.85. The zero-order valence-corrected chi connectivity index (χ0v) is 25.5. The van der Waals surface area contributed by atoms with E-state index in [1.165, 1.54) is 0 Å². The molecule has 2 amide bonds. The van der Waals surface area contributed by atoms with Gasteiger partial charge in [-0.1, -0.05) is 12.1 Å². The molecule has 0 spiro atoms. The number of benzene rings is 2. The van der Waals surface area contributed by atoms with Crippen LogP contribution in [-0.4, -0.2) is 80.0 Å². The molecule has 8 rings (SSSR count). The van der Waals surface area contributed by atoms with Crippen LogP contribution in [0, 0.1) is 17.8 Å². The Kier molecular flexibility index (Phi) is 6.94. The Morgan fingerprint density at radius 3 is 2.10 bits per heavy atom. The Morgan fingerprint density at radius 2 is 1.48 bits per heavy atom. The first kappa shape index (κ1) is 28.0. The monoisotopic (exact) mass is 593 g/mol. The normalized spacial score (nSPS) is 31.0. The first-order valence-electron chi connectivity index (χ1n) is 15.6. The minimum atomic E-state index is -3.22. The predicted molar refractivity (Wildman–Crippen MR) is 166 cm³/mol. The first-order valence-corrected chi connectivity index (χ1v) is 17.1. The number of anilines is 4. The number of urea groups is 1. The van der Waals surface area contributed by atoms with E-state index in [-0.39, 0.29) is 12.1 Å². The van der Waals surface area contributed by atoms with E-state index in [0.717, 1.165) is 54.9 Å². The highest BCUT2D eigenvalue weighted by atomic mass is 32.2. The molecule has 0 radical (unpaired) electrons. The van der Waals surface area contributed by atoms with Crippen LogP contribution in [0.15, 0.2) is 48.5 Å². The molecule has 2 atom stereocenters. The third-order valence-electron chi connectivity index (χ3n) is 10.5. The van der Waals surface area contributed by atoms with Crippen LogP contribution in [0.1, 0.15) is 46.0 Å². The minimum absolute atomic E-state index is 0.0273. The molecule has 1 saturated heterocycles. The molecule has 0 aromatic heterocycles. The van der Waals surface area contributed by atoms with Gasteiger partial charge < -0.3 is 20.2 Å². The number of rotatable bonds is 5. The van der Waals surface area contributed by atoms with E-state index in [0.29, 0.717) is 57.0 Å². The maximum atomic E-state index is 13.7. The van der Waals surface area contributed by atoms with Crippen molar-refractivity contribution in [3.05, 3.63) is 48.5 Å². The number of carbonyl (C=O) groups is 1. The van der Waals surface area contributed by atoms with Crippen molar-refractivity contribution in [2.45, 2.75) is 62.8 Å². The molecule has 2 N–H and O–H groups in total. The lowest BCUT2D eigenvalue weighted by atomic mass is 9.52. The van der Waals surface area contributed by atoms with Crippen LogP contribution in [0.25, 0.3) is 0 Å². The predicted octanol–water partition coefficient (Wildman–Crippen LogP) is 4.15. The largest absolute Gasteiger partial charge is 0.390 e. The Bertz CT molecular complexity index is 1420. The molecule has 4 aliphatic carbocycles. The molecule has 6 aliphatic rings. The van der Waals surface area contributed by atoms with Crippen molar-refractivity contribution >= 4 is 38.8 Å². The molecule has 4 bridgehead atoms. The van der Waals surface area contributed by atoms with Gasteiger partial charge in [0.1, 0.15) is 0 Å². The van der Waals surface area contributed by atoms with Crippen LogP contribution in [0.3, 0.4) is 0 Å². The molecule has 2 aromatic carbocycles. The summed E-state index contributed by atoms with van der Waals surface area (Å²) in [6.45, 7) is 7.10. The van der Waals surface area contributed by atoms with E-state index in [9.17, 15) is 18.3 Å². The summed E-state index contributed by atoms with van der Waals surface area (Å²) in [5.41, 5.74) is 3.58. The average Bonchev–Trinajstić information content (AvgIpc) is 2.97. The fourth-order valence-corrected chi connectivity index (χ4v) is 9.89. The van der Waals surface area contributed by atoms with Gasteiger partial charge in [-0.3, -0.25) is 4.90 Å². The van der Waals surface area contributed by atoms with Crippen molar-refractivity contribution in [3.8, 4) is 0 Å². The van der Waals surface area contributed by atoms with Gasteiger partial charge in [0.15, 0.2) is 0 Å². The highest BCUT2D eigenvalue weighted by molar-refractivity contribution is 7.89. The van der Waals surface area contributed by atoms with E-state index < -0.39 is 20.9 Å². The fraction of sp³-hybridized carbons (Fsp3) is 0.594.